The van der Waals surface area contributed by atoms with Gasteiger partial charge in [0.1, 0.15) is 11.5 Å². The molecule has 1 aliphatic rings. The average Bonchev–Trinajstić information content (AvgIpc) is 2.70. The van der Waals surface area contributed by atoms with Crippen molar-refractivity contribution < 1.29 is 24.2 Å². The average molecular weight is 382 g/mol. The number of hydrogen-bond acceptors (Lipinski definition) is 5. The number of rotatable bonds is 7. The second kappa shape index (κ2) is 8.56. The van der Waals surface area contributed by atoms with Gasteiger partial charge in [0, 0.05) is 32.0 Å². The third kappa shape index (κ3) is 4.68. The first-order valence-electron chi connectivity index (χ1n) is 9.05. The Morgan fingerprint density at radius 3 is 2.64 bits per heavy atom. The lowest BCUT2D eigenvalue weighted by atomic mass is 10.0. The van der Waals surface area contributed by atoms with Gasteiger partial charge in [-0.05, 0) is 42.3 Å². The molecule has 1 aliphatic heterocycles. The fourth-order valence-electron chi connectivity index (χ4n) is 2.91. The summed E-state index contributed by atoms with van der Waals surface area (Å²) in [6.45, 7) is 0.446. The molecular weight excluding hydrogens is 360 g/mol. The number of fused-ring (bicyclic) bond motifs is 1. The van der Waals surface area contributed by atoms with Crippen molar-refractivity contribution in [3.05, 3.63) is 53.6 Å². The van der Waals surface area contributed by atoms with Crippen LogP contribution in [-0.4, -0.2) is 42.9 Å². The van der Waals surface area contributed by atoms with Gasteiger partial charge in [-0.25, -0.2) is 0 Å². The molecule has 0 aliphatic carbocycles. The van der Waals surface area contributed by atoms with E-state index >= 15 is 0 Å². The number of amides is 2. The SMILES string of the molecule is CN1C(=O)COc2ccc(C(=O)CCC(=O)NCCc3ccc(O)cc3)cc21. The van der Waals surface area contributed by atoms with Gasteiger partial charge in [0.2, 0.25) is 5.91 Å². The molecule has 0 aromatic heterocycles. The number of anilines is 1. The minimum Gasteiger partial charge on any atom is -0.508 e. The molecule has 2 N–H and O–H groups in total. The van der Waals surface area contributed by atoms with E-state index in [1.54, 1.807) is 49.5 Å². The monoisotopic (exact) mass is 382 g/mol. The first-order chi connectivity index (χ1) is 13.4. The number of Topliss-reactive ketones (excluding diaryl/α,β-unsaturated/α-hetero) is 1. The van der Waals surface area contributed by atoms with Gasteiger partial charge in [0.25, 0.3) is 5.91 Å². The molecule has 146 valence electrons. The number of carbonyl (C=O) groups excluding carboxylic acids is 3. The third-order valence-corrected chi connectivity index (χ3v) is 4.62. The molecule has 0 spiro atoms. The second-order valence-electron chi connectivity index (χ2n) is 6.61. The van der Waals surface area contributed by atoms with Crippen LogP contribution in [-0.2, 0) is 16.0 Å². The lowest BCUT2D eigenvalue weighted by Crippen LogP contribution is -2.35. The van der Waals surface area contributed by atoms with Crippen LogP contribution in [0.15, 0.2) is 42.5 Å². The van der Waals surface area contributed by atoms with Gasteiger partial charge in [-0.2, -0.15) is 0 Å². The highest BCUT2D eigenvalue weighted by molar-refractivity contribution is 6.02. The van der Waals surface area contributed by atoms with E-state index in [0.717, 1.165) is 5.56 Å². The number of phenolic OH excluding ortho intramolecular Hbond substituents is 1. The maximum absolute atomic E-state index is 12.4. The zero-order valence-electron chi connectivity index (χ0n) is 15.6. The Bertz CT molecular complexity index is 892. The molecule has 2 aromatic rings. The normalized spacial score (nSPS) is 12.9. The summed E-state index contributed by atoms with van der Waals surface area (Å²) in [5, 5.41) is 12.0. The number of hydrogen-bond donors (Lipinski definition) is 2. The van der Waals surface area contributed by atoms with Crippen LogP contribution in [0.4, 0.5) is 5.69 Å². The van der Waals surface area contributed by atoms with Crippen LogP contribution in [0.5, 0.6) is 11.5 Å². The summed E-state index contributed by atoms with van der Waals surface area (Å²) in [6, 6.07) is 11.7. The first-order valence-corrected chi connectivity index (χ1v) is 9.05. The molecule has 28 heavy (non-hydrogen) atoms. The van der Waals surface area contributed by atoms with E-state index in [1.807, 2.05) is 0 Å². The number of nitrogens with one attached hydrogen (secondary N) is 1. The Labute approximate surface area is 162 Å². The summed E-state index contributed by atoms with van der Waals surface area (Å²) < 4.78 is 5.35. The maximum atomic E-state index is 12.4. The Kier molecular flexibility index (Phi) is 5.93. The molecule has 0 bridgehead atoms. The van der Waals surface area contributed by atoms with E-state index in [4.69, 9.17) is 4.74 Å². The van der Waals surface area contributed by atoms with Crippen LogP contribution < -0.4 is 15.0 Å². The van der Waals surface area contributed by atoms with Crippen LogP contribution in [0.3, 0.4) is 0 Å². The standard InChI is InChI=1S/C21H22N2O5/c1-23-17-12-15(4-8-19(17)28-13-21(23)27)18(25)7-9-20(26)22-11-10-14-2-5-16(24)6-3-14/h2-6,8,12,24H,7,9-11,13H2,1H3,(H,22,26). The van der Waals surface area contributed by atoms with E-state index in [2.05, 4.69) is 5.32 Å². The largest absolute Gasteiger partial charge is 0.508 e. The van der Waals surface area contributed by atoms with Gasteiger partial charge >= 0.3 is 0 Å². The Hall–Kier alpha value is -3.35. The molecule has 0 atom stereocenters. The fraction of sp³-hybridized carbons (Fsp3) is 0.286. The van der Waals surface area contributed by atoms with Crippen molar-refractivity contribution in [1.29, 1.82) is 0 Å². The van der Waals surface area contributed by atoms with Crippen molar-refractivity contribution in [3.8, 4) is 11.5 Å². The molecular formula is C21H22N2O5. The minimum absolute atomic E-state index is 0.0128. The maximum Gasteiger partial charge on any atom is 0.264 e. The molecule has 3 rings (SSSR count). The van der Waals surface area contributed by atoms with Crippen molar-refractivity contribution in [3.63, 3.8) is 0 Å². The predicted molar refractivity (Wildman–Crippen MR) is 104 cm³/mol. The zero-order valence-corrected chi connectivity index (χ0v) is 15.6. The van der Waals surface area contributed by atoms with Crippen molar-refractivity contribution in [2.24, 2.45) is 0 Å². The Morgan fingerprint density at radius 2 is 1.89 bits per heavy atom. The summed E-state index contributed by atoms with van der Waals surface area (Å²) in [4.78, 5) is 37.6. The molecule has 1 heterocycles. The van der Waals surface area contributed by atoms with Gasteiger partial charge in [0.15, 0.2) is 12.4 Å². The highest BCUT2D eigenvalue weighted by atomic mass is 16.5. The van der Waals surface area contributed by atoms with Crippen molar-refractivity contribution >= 4 is 23.3 Å². The number of phenols is 1. The van der Waals surface area contributed by atoms with E-state index in [-0.39, 0.29) is 42.8 Å². The lowest BCUT2D eigenvalue weighted by molar-refractivity contribution is -0.121. The Morgan fingerprint density at radius 1 is 1.14 bits per heavy atom. The zero-order chi connectivity index (χ0) is 20.1. The van der Waals surface area contributed by atoms with Crippen LogP contribution in [0.25, 0.3) is 0 Å². The molecule has 2 aromatic carbocycles. The third-order valence-electron chi connectivity index (χ3n) is 4.62. The molecule has 2 amide bonds. The van der Waals surface area contributed by atoms with Crippen LogP contribution in [0.2, 0.25) is 0 Å². The molecule has 0 radical (unpaired) electrons. The topological polar surface area (TPSA) is 95.9 Å². The smallest absolute Gasteiger partial charge is 0.264 e. The van der Waals surface area contributed by atoms with Crippen LogP contribution >= 0.6 is 0 Å². The summed E-state index contributed by atoms with van der Waals surface area (Å²) >= 11 is 0. The molecule has 0 saturated carbocycles. The molecule has 7 heteroatoms. The number of ketones is 1. The minimum atomic E-state index is -0.194. The Balaban J connectivity index is 1.48. The quantitative estimate of drug-likeness (QED) is 0.715. The summed E-state index contributed by atoms with van der Waals surface area (Å²) in [5.74, 6) is 0.231. The number of likely N-dealkylation sites (N-methyl/N-ethyl adjacent to an activating group) is 1. The number of ether oxygens (including phenoxy) is 1. The van der Waals surface area contributed by atoms with E-state index in [9.17, 15) is 19.5 Å². The van der Waals surface area contributed by atoms with Gasteiger partial charge < -0.3 is 20.1 Å². The number of nitrogens with zero attached hydrogens (tertiary/aromatic N) is 1. The molecule has 0 fully saturated rings. The fourth-order valence-corrected chi connectivity index (χ4v) is 2.91. The molecule has 0 unspecified atom stereocenters. The van der Waals surface area contributed by atoms with E-state index in [1.165, 1.54) is 4.90 Å². The van der Waals surface area contributed by atoms with Gasteiger partial charge in [-0.15, -0.1) is 0 Å². The summed E-state index contributed by atoms with van der Waals surface area (Å²) in [5.41, 5.74) is 2.00. The molecule has 0 saturated heterocycles. The van der Waals surface area contributed by atoms with Gasteiger partial charge in [-0.1, -0.05) is 12.1 Å². The van der Waals surface area contributed by atoms with Crippen molar-refractivity contribution in [2.45, 2.75) is 19.3 Å². The van der Waals surface area contributed by atoms with Gasteiger partial charge in [-0.3, -0.25) is 14.4 Å². The number of carbonyl (C=O) groups is 3. The van der Waals surface area contributed by atoms with Crippen LogP contribution in [0, 0.1) is 0 Å². The summed E-state index contributed by atoms with van der Waals surface area (Å²) in [6.07, 6.45) is 0.824. The lowest BCUT2D eigenvalue weighted by Gasteiger charge is -2.26. The van der Waals surface area contributed by atoms with E-state index in [0.29, 0.717) is 30.0 Å². The number of benzene rings is 2. The van der Waals surface area contributed by atoms with E-state index < -0.39 is 0 Å². The highest BCUT2D eigenvalue weighted by Gasteiger charge is 2.23. The molecule has 7 nitrogen and oxygen atoms in total. The van der Waals surface area contributed by atoms with Crippen molar-refractivity contribution in [1.82, 2.24) is 5.32 Å². The van der Waals surface area contributed by atoms with Crippen LogP contribution in [0.1, 0.15) is 28.8 Å². The number of aromatic hydroxyl groups is 1. The highest BCUT2D eigenvalue weighted by Crippen LogP contribution is 2.32. The second-order valence-corrected chi connectivity index (χ2v) is 6.61. The van der Waals surface area contributed by atoms with Crippen molar-refractivity contribution in [2.75, 3.05) is 25.1 Å². The predicted octanol–water partition coefficient (Wildman–Crippen LogP) is 2.07. The van der Waals surface area contributed by atoms with Gasteiger partial charge in [0.05, 0.1) is 5.69 Å². The first kappa shape index (κ1) is 19.4. The summed E-state index contributed by atoms with van der Waals surface area (Å²) in [7, 11) is 1.64.